The average Bonchev–Trinajstić information content (AvgIpc) is 2.17. The van der Waals surface area contributed by atoms with E-state index in [1.165, 1.54) is 6.42 Å². The molecule has 1 heterocycles. The summed E-state index contributed by atoms with van der Waals surface area (Å²) in [6.07, 6.45) is 2.18. The molecule has 1 aliphatic heterocycles. The van der Waals surface area contributed by atoms with Crippen LogP contribution in [0.4, 0.5) is 0 Å². The molecule has 4 heteroatoms. The lowest BCUT2D eigenvalue weighted by Gasteiger charge is -2.39. The van der Waals surface area contributed by atoms with Gasteiger partial charge in [-0.1, -0.05) is 25.9 Å². The second-order valence-electron chi connectivity index (χ2n) is 4.85. The number of nitrogens with two attached hydrogens (primary N) is 1. The van der Waals surface area contributed by atoms with Crippen LogP contribution in [0.2, 0.25) is 0 Å². The van der Waals surface area contributed by atoms with E-state index in [0.29, 0.717) is 17.7 Å². The number of amidine groups is 1. The van der Waals surface area contributed by atoms with E-state index in [4.69, 9.17) is 10.9 Å². The van der Waals surface area contributed by atoms with E-state index in [1.807, 2.05) is 0 Å². The van der Waals surface area contributed by atoms with Gasteiger partial charge in [0.25, 0.3) is 0 Å². The molecule has 0 bridgehead atoms. The SMILES string of the molecule is CCC(C(N)=NO)N1CC(C)CC(C)C1. The summed E-state index contributed by atoms with van der Waals surface area (Å²) in [5.41, 5.74) is 5.71. The van der Waals surface area contributed by atoms with Gasteiger partial charge >= 0.3 is 0 Å². The van der Waals surface area contributed by atoms with Gasteiger partial charge in [0.15, 0.2) is 5.84 Å². The molecule has 3 N–H and O–H groups in total. The topological polar surface area (TPSA) is 61.9 Å². The molecule has 3 unspecified atom stereocenters. The fourth-order valence-electron chi connectivity index (χ4n) is 2.69. The Morgan fingerprint density at radius 2 is 2.00 bits per heavy atom. The Hall–Kier alpha value is -0.770. The van der Waals surface area contributed by atoms with Gasteiger partial charge in [0.1, 0.15) is 0 Å². The molecule has 4 nitrogen and oxygen atoms in total. The fourth-order valence-corrected chi connectivity index (χ4v) is 2.69. The highest BCUT2D eigenvalue weighted by atomic mass is 16.4. The maximum Gasteiger partial charge on any atom is 0.156 e. The molecule has 1 aliphatic rings. The summed E-state index contributed by atoms with van der Waals surface area (Å²) in [4.78, 5) is 2.34. The Bertz CT molecular complexity index is 220. The molecular formula is C11H23N3O. The molecule has 3 atom stereocenters. The molecular weight excluding hydrogens is 190 g/mol. The molecule has 1 saturated heterocycles. The first-order valence-electron chi connectivity index (χ1n) is 5.79. The van der Waals surface area contributed by atoms with Crippen LogP contribution < -0.4 is 5.73 Å². The van der Waals surface area contributed by atoms with Crippen molar-refractivity contribution in [2.45, 2.75) is 39.7 Å². The highest BCUT2D eigenvalue weighted by Gasteiger charge is 2.28. The highest BCUT2D eigenvalue weighted by Crippen LogP contribution is 2.23. The summed E-state index contributed by atoms with van der Waals surface area (Å²) in [5.74, 6) is 1.75. The Morgan fingerprint density at radius 1 is 1.47 bits per heavy atom. The van der Waals surface area contributed by atoms with Crippen molar-refractivity contribution >= 4 is 5.84 Å². The van der Waals surface area contributed by atoms with Crippen LogP contribution in [-0.2, 0) is 0 Å². The number of rotatable bonds is 3. The summed E-state index contributed by atoms with van der Waals surface area (Å²) in [6, 6.07) is 0.0974. The lowest BCUT2D eigenvalue weighted by Crippen LogP contribution is -2.50. The molecule has 0 spiro atoms. The minimum Gasteiger partial charge on any atom is -0.409 e. The summed E-state index contributed by atoms with van der Waals surface area (Å²) in [7, 11) is 0. The van der Waals surface area contributed by atoms with Gasteiger partial charge in [-0.2, -0.15) is 0 Å². The molecule has 0 saturated carbocycles. The van der Waals surface area contributed by atoms with Gasteiger partial charge in [-0.25, -0.2) is 0 Å². The van der Waals surface area contributed by atoms with Gasteiger partial charge in [0.05, 0.1) is 6.04 Å². The summed E-state index contributed by atoms with van der Waals surface area (Å²) in [5, 5.41) is 11.9. The third-order valence-electron chi connectivity index (χ3n) is 3.18. The van der Waals surface area contributed by atoms with Crippen LogP contribution in [0.3, 0.4) is 0 Å². The molecule has 1 fully saturated rings. The van der Waals surface area contributed by atoms with Crippen molar-refractivity contribution in [3.8, 4) is 0 Å². The smallest absolute Gasteiger partial charge is 0.156 e. The van der Waals surface area contributed by atoms with Crippen molar-refractivity contribution in [3.63, 3.8) is 0 Å². The molecule has 0 aromatic rings. The molecule has 15 heavy (non-hydrogen) atoms. The van der Waals surface area contributed by atoms with Crippen molar-refractivity contribution in [3.05, 3.63) is 0 Å². The Kier molecular flexibility index (Phi) is 4.39. The van der Waals surface area contributed by atoms with E-state index in [-0.39, 0.29) is 6.04 Å². The predicted octanol–water partition coefficient (Wildman–Crippen LogP) is 1.49. The largest absolute Gasteiger partial charge is 0.409 e. The van der Waals surface area contributed by atoms with Crippen LogP contribution in [0, 0.1) is 11.8 Å². The van der Waals surface area contributed by atoms with Gasteiger partial charge in [-0.3, -0.25) is 4.90 Å². The standard InChI is InChI=1S/C11H23N3O/c1-4-10(11(12)13-15)14-6-8(2)5-9(3)7-14/h8-10,15H,4-7H2,1-3H3,(H2,12,13). The lowest BCUT2D eigenvalue weighted by atomic mass is 9.90. The molecule has 0 aliphatic carbocycles. The van der Waals surface area contributed by atoms with Crippen LogP contribution in [-0.4, -0.2) is 35.1 Å². The van der Waals surface area contributed by atoms with Crippen molar-refractivity contribution in [1.29, 1.82) is 0 Å². The van der Waals surface area contributed by atoms with Crippen LogP contribution in [0.5, 0.6) is 0 Å². The van der Waals surface area contributed by atoms with Gasteiger partial charge < -0.3 is 10.9 Å². The minimum absolute atomic E-state index is 0.0974. The third kappa shape index (κ3) is 3.09. The monoisotopic (exact) mass is 213 g/mol. The zero-order chi connectivity index (χ0) is 11.4. The minimum atomic E-state index is 0.0974. The maximum absolute atomic E-state index is 8.74. The van der Waals surface area contributed by atoms with Gasteiger partial charge in [0.2, 0.25) is 0 Å². The number of piperidine rings is 1. The second-order valence-corrected chi connectivity index (χ2v) is 4.85. The third-order valence-corrected chi connectivity index (χ3v) is 3.18. The van der Waals surface area contributed by atoms with E-state index >= 15 is 0 Å². The number of hydrogen-bond donors (Lipinski definition) is 2. The van der Waals surface area contributed by atoms with Gasteiger partial charge in [0, 0.05) is 13.1 Å². The molecule has 0 aromatic heterocycles. The highest BCUT2D eigenvalue weighted by molar-refractivity contribution is 5.85. The Balaban J connectivity index is 2.67. The lowest BCUT2D eigenvalue weighted by molar-refractivity contribution is 0.118. The van der Waals surface area contributed by atoms with E-state index in [9.17, 15) is 0 Å². The zero-order valence-electron chi connectivity index (χ0n) is 9.98. The average molecular weight is 213 g/mol. The number of nitrogens with zero attached hydrogens (tertiary/aromatic N) is 2. The van der Waals surface area contributed by atoms with E-state index in [0.717, 1.165) is 19.5 Å². The fraction of sp³-hybridized carbons (Fsp3) is 0.909. The van der Waals surface area contributed by atoms with Crippen molar-refractivity contribution < 1.29 is 5.21 Å². The number of oxime groups is 1. The van der Waals surface area contributed by atoms with Crippen LogP contribution in [0.25, 0.3) is 0 Å². The second kappa shape index (κ2) is 5.35. The molecule has 88 valence electrons. The summed E-state index contributed by atoms with van der Waals surface area (Å²) >= 11 is 0. The Morgan fingerprint density at radius 3 is 2.40 bits per heavy atom. The number of likely N-dealkylation sites (tertiary alicyclic amines) is 1. The maximum atomic E-state index is 8.74. The first-order chi connectivity index (χ1) is 7.08. The summed E-state index contributed by atoms with van der Waals surface area (Å²) < 4.78 is 0. The summed E-state index contributed by atoms with van der Waals surface area (Å²) in [6.45, 7) is 8.72. The molecule has 0 aromatic carbocycles. The zero-order valence-corrected chi connectivity index (χ0v) is 9.98. The van der Waals surface area contributed by atoms with Crippen LogP contribution in [0.1, 0.15) is 33.6 Å². The predicted molar refractivity (Wildman–Crippen MR) is 62.0 cm³/mol. The van der Waals surface area contributed by atoms with Crippen molar-refractivity contribution in [2.75, 3.05) is 13.1 Å². The van der Waals surface area contributed by atoms with Crippen LogP contribution >= 0.6 is 0 Å². The molecule has 0 radical (unpaired) electrons. The van der Waals surface area contributed by atoms with Gasteiger partial charge in [-0.05, 0) is 24.7 Å². The first-order valence-corrected chi connectivity index (χ1v) is 5.79. The first kappa shape index (κ1) is 12.3. The molecule has 1 rings (SSSR count). The van der Waals surface area contributed by atoms with E-state index < -0.39 is 0 Å². The van der Waals surface area contributed by atoms with E-state index in [2.05, 4.69) is 30.8 Å². The van der Waals surface area contributed by atoms with Crippen molar-refractivity contribution in [1.82, 2.24) is 4.90 Å². The number of hydrogen-bond acceptors (Lipinski definition) is 3. The Labute approximate surface area is 92.1 Å². The normalized spacial score (nSPS) is 31.5. The van der Waals surface area contributed by atoms with Crippen molar-refractivity contribution in [2.24, 2.45) is 22.7 Å². The molecule has 0 amide bonds. The van der Waals surface area contributed by atoms with E-state index in [1.54, 1.807) is 0 Å². The quantitative estimate of drug-likeness (QED) is 0.323. The van der Waals surface area contributed by atoms with Crippen LogP contribution in [0.15, 0.2) is 5.16 Å². The van der Waals surface area contributed by atoms with Gasteiger partial charge in [-0.15, -0.1) is 0 Å².